The highest BCUT2D eigenvalue weighted by atomic mass is 19.4. The molecule has 0 aliphatic heterocycles. The van der Waals surface area contributed by atoms with Crippen LogP contribution < -0.4 is 16.0 Å². The Balaban J connectivity index is 1.52. The summed E-state index contributed by atoms with van der Waals surface area (Å²) in [7, 11) is 0. The van der Waals surface area contributed by atoms with Gasteiger partial charge in [0.05, 0.1) is 5.56 Å². The summed E-state index contributed by atoms with van der Waals surface area (Å²) in [6.07, 6.45) is -4.46. The molecule has 3 N–H and O–H groups in total. The van der Waals surface area contributed by atoms with Gasteiger partial charge in [0.15, 0.2) is 0 Å². The number of halogens is 3. The van der Waals surface area contributed by atoms with Crippen molar-refractivity contribution in [3.8, 4) is 11.1 Å². The number of aryl methyl sites for hydroxylation is 1. The molecule has 6 nitrogen and oxygen atoms in total. The Morgan fingerprint density at radius 2 is 1.38 bits per heavy atom. The molecule has 4 aromatic rings. The molecule has 0 aromatic heterocycles. The first-order chi connectivity index (χ1) is 19.9. The van der Waals surface area contributed by atoms with Crippen molar-refractivity contribution < 1.29 is 27.6 Å². The molecule has 0 radical (unpaired) electrons. The van der Waals surface area contributed by atoms with Crippen molar-refractivity contribution in [2.75, 3.05) is 5.32 Å². The van der Waals surface area contributed by atoms with Crippen LogP contribution >= 0.6 is 0 Å². The molecule has 0 aliphatic rings. The molecule has 42 heavy (non-hydrogen) atoms. The summed E-state index contributed by atoms with van der Waals surface area (Å²) in [6.45, 7) is 5.40. The van der Waals surface area contributed by atoms with E-state index in [0.717, 1.165) is 12.1 Å². The Bertz CT molecular complexity index is 1580. The van der Waals surface area contributed by atoms with Crippen molar-refractivity contribution in [3.63, 3.8) is 0 Å². The molecule has 0 saturated heterocycles. The van der Waals surface area contributed by atoms with E-state index in [1.807, 2.05) is 19.9 Å². The first-order valence-electron chi connectivity index (χ1n) is 13.3. The molecule has 0 aliphatic carbocycles. The summed E-state index contributed by atoms with van der Waals surface area (Å²) in [4.78, 5) is 39.3. The lowest BCUT2D eigenvalue weighted by molar-refractivity contribution is -0.137. The third kappa shape index (κ3) is 7.23. The molecule has 1 unspecified atom stereocenters. The second-order valence-corrected chi connectivity index (χ2v) is 10.1. The van der Waals surface area contributed by atoms with E-state index in [9.17, 15) is 27.6 Å². The topological polar surface area (TPSA) is 87.3 Å². The maximum Gasteiger partial charge on any atom is 0.416 e. The zero-order chi connectivity index (χ0) is 30.4. The average Bonchev–Trinajstić information content (AvgIpc) is 2.96. The van der Waals surface area contributed by atoms with E-state index >= 15 is 0 Å². The van der Waals surface area contributed by atoms with Gasteiger partial charge in [0, 0.05) is 22.9 Å². The van der Waals surface area contributed by atoms with Crippen LogP contribution in [0.5, 0.6) is 0 Å². The van der Waals surface area contributed by atoms with E-state index in [1.165, 1.54) is 12.1 Å². The molecule has 0 spiro atoms. The predicted octanol–water partition coefficient (Wildman–Crippen LogP) is 6.93. The summed E-state index contributed by atoms with van der Waals surface area (Å²) >= 11 is 0. The van der Waals surface area contributed by atoms with Gasteiger partial charge in [0.25, 0.3) is 11.8 Å². The number of carbonyl (C=O) groups excluding carboxylic acids is 3. The number of anilines is 1. The standard InChI is InChI=1S/C33H30F3N3O3/c1-20(2)37-32(42)29(23-9-5-4-6-10-23)39-30(40)24-15-18-28(21(3)19-24)38-31(41)27-12-8-7-11-26(27)22-13-16-25(17-14-22)33(34,35)36/h4-20,29H,1-3H3,(H,37,42)(H,38,41)(H,39,40). The van der Waals surface area contributed by atoms with Gasteiger partial charge in [-0.15, -0.1) is 0 Å². The van der Waals surface area contributed by atoms with Gasteiger partial charge < -0.3 is 16.0 Å². The van der Waals surface area contributed by atoms with Gasteiger partial charge in [-0.25, -0.2) is 0 Å². The van der Waals surface area contributed by atoms with Crippen molar-refractivity contribution in [2.45, 2.75) is 39.0 Å². The molecule has 3 amide bonds. The van der Waals surface area contributed by atoms with E-state index in [-0.39, 0.29) is 17.5 Å². The molecular formula is C33H30F3N3O3. The summed E-state index contributed by atoms with van der Waals surface area (Å²) in [5, 5.41) is 8.46. The van der Waals surface area contributed by atoms with Gasteiger partial charge >= 0.3 is 6.18 Å². The van der Waals surface area contributed by atoms with Crippen LogP contribution in [0.25, 0.3) is 11.1 Å². The molecular weight excluding hydrogens is 543 g/mol. The lowest BCUT2D eigenvalue weighted by Crippen LogP contribution is -2.42. The lowest BCUT2D eigenvalue weighted by Gasteiger charge is -2.21. The zero-order valence-electron chi connectivity index (χ0n) is 23.3. The molecule has 9 heteroatoms. The number of nitrogens with one attached hydrogen (secondary N) is 3. The SMILES string of the molecule is Cc1cc(C(=O)NC(C(=O)NC(C)C)c2ccccc2)ccc1NC(=O)c1ccccc1-c1ccc(C(F)(F)F)cc1. The van der Waals surface area contributed by atoms with Crippen LogP contribution in [0.4, 0.5) is 18.9 Å². The van der Waals surface area contributed by atoms with Crippen molar-refractivity contribution in [3.05, 3.63) is 125 Å². The smallest absolute Gasteiger partial charge is 0.352 e. The highest BCUT2D eigenvalue weighted by Gasteiger charge is 2.30. The number of hydrogen-bond donors (Lipinski definition) is 3. The molecule has 0 bridgehead atoms. The van der Waals surface area contributed by atoms with Crippen LogP contribution in [-0.4, -0.2) is 23.8 Å². The van der Waals surface area contributed by atoms with Gasteiger partial charge in [-0.05, 0) is 79.4 Å². The van der Waals surface area contributed by atoms with Gasteiger partial charge in [-0.2, -0.15) is 13.2 Å². The van der Waals surface area contributed by atoms with Crippen LogP contribution in [0.3, 0.4) is 0 Å². The Morgan fingerprint density at radius 1 is 0.738 bits per heavy atom. The van der Waals surface area contributed by atoms with Crippen LogP contribution in [0, 0.1) is 6.92 Å². The summed E-state index contributed by atoms with van der Waals surface area (Å²) < 4.78 is 39.0. The highest BCUT2D eigenvalue weighted by molar-refractivity contribution is 6.09. The van der Waals surface area contributed by atoms with Gasteiger partial charge in [0.1, 0.15) is 6.04 Å². The van der Waals surface area contributed by atoms with Crippen molar-refractivity contribution in [1.29, 1.82) is 0 Å². The number of rotatable bonds is 8. The monoisotopic (exact) mass is 573 g/mol. The number of carbonyl (C=O) groups is 3. The number of amides is 3. The van der Waals surface area contributed by atoms with Crippen LogP contribution in [-0.2, 0) is 11.0 Å². The highest BCUT2D eigenvalue weighted by Crippen LogP contribution is 2.32. The minimum absolute atomic E-state index is 0.116. The van der Waals surface area contributed by atoms with Gasteiger partial charge in [-0.1, -0.05) is 60.7 Å². The van der Waals surface area contributed by atoms with Crippen LogP contribution in [0.2, 0.25) is 0 Å². The molecule has 4 rings (SSSR count). The Morgan fingerprint density at radius 3 is 2.00 bits per heavy atom. The first-order valence-corrected chi connectivity index (χ1v) is 13.3. The fourth-order valence-electron chi connectivity index (χ4n) is 4.43. The Labute approximate surface area is 242 Å². The van der Waals surface area contributed by atoms with Crippen LogP contribution in [0.1, 0.15) is 57.3 Å². The average molecular weight is 574 g/mol. The molecule has 1 atom stereocenters. The Hall–Kier alpha value is -4.92. The normalized spacial score (nSPS) is 12.0. The van der Waals surface area contributed by atoms with E-state index in [4.69, 9.17) is 0 Å². The fraction of sp³-hybridized carbons (Fsp3) is 0.182. The number of hydrogen-bond acceptors (Lipinski definition) is 3. The first kappa shape index (κ1) is 30.0. The van der Waals surface area contributed by atoms with E-state index in [2.05, 4.69) is 16.0 Å². The second kappa shape index (κ2) is 12.7. The molecule has 0 heterocycles. The maximum absolute atomic E-state index is 13.3. The molecule has 4 aromatic carbocycles. The third-order valence-electron chi connectivity index (χ3n) is 6.53. The summed E-state index contributed by atoms with van der Waals surface area (Å²) in [6, 6.07) is 23.9. The maximum atomic E-state index is 13.3. The van der Waals surface area contributed by atoms with Crippen molar-refractivity contribution in [1.82, 2.24) is 10.6 Å². The third-order valence-corrected chi connectivity index (χ3v) is 6.53. The van der Waals surface area contributed by atoms with Crippen molar-refractivity contribution >= 4 is 23.4 Å². The predicted molar refractivity (Wildman–Crippen MR) is 156 cm³/mol. The van der Waals surface area contributed by atoms with E-state index < -0.39 is 29.6 Å². The summed E-state index contributed by atoms with van der Waals surface area (Å²) in [5.74, 6) is -1.26. The molecule has 216 valence electrons. The number of benzene rings is 4. The minimum atomic E-state index is -4.46. The van der Waals surface area contributed by atoms with E-state index in [1.54, 1.807) is 73.7 Å². The summed E-state index contributed by atoms with van der Waals surface area (Å²) in [5.41, 5.74) is 2.44. The largest absolute Gasteiger partial charge is 0.416 e. The van der Waals surface area contributed by atoms with Gasteiger partial charge in [0.2, 0.25) is 5.91 Å². The zero-order valence-corrected chi connectivity index (χ0v) is 23.3. The lowest BCUT2D eigenvalue weighted by atomic mass is 9.98. The van der Waals surface area contributed by atoms with Crippen LogP contribution in [0.15, 0.2) is 97.1 Å². The Kier molecular flexibility index (Phi) is 9.10. The second-order valence-electron chi connectivity index (χ2n) is 10.1. The minimum Gasteiger partial charge on any atom is -0.352 e. The quantitative estimate of drug-likeness (QED) is 0.214. The molecule has 0 saturated carbocycles. The van der Waals surface area contributed by atoms with Crippen molar-refractivity contribution in [2.24, 2.45) is 0 Å². The van der Waals surface area contributed by atoms with E-state index in [0.29, 0.717) is 33.5 Å². The fourth-order valence-corrected chi connectivity index (χ4v) is 4.43. The number of alkyl halides is 3. The van der Waals surface area contributed by atoms with Gasteiger partial charge in [-0.3, -0.25) is 14.4 Å². The molecule has 0 fully saturated rings.